The third kappa shape index (κ3) is 2.78. The van der Waals surface area contributed by atoms with Crippen LogP contribution >= 0.6 is 35.4 Å². The van der Waals surface area contributed by atoms with Crippen LogP contribution in [0.5, 0.6) is 0 Å². The van der Waals surface area contributed by atoms with Gasteiger partial charge in [-0.1, -0.05) is 29.3 Å². The standard InChI is InChI=1S/C12H8Cl2N2O2S/c1-16-11(18)8(10(17)15-12(16)19)4-6-2-3-7(13)5-9(6)14/h2-5H,1H3,(H,15,17,19)/b8-4+. The Morgan fingerprint density at radius 2 is 2.00 bits per heavy atom. The van der Waals surface area contributed by atoms with Gasteiger partial charge in [0.15, 0.2) is 5.11 Å². The lowest BCUT2D eigenvalue weighted by Crippen LogP contribution is -2.52. The number of carbonyl (C=O) groups excluding carboxylic acids is 2. The number of rotatable bonds is 1. The number of thiocarbonyl (C=S) groups is 1. The van der Waals surface area contributed by atoms with Crippen molar-refractivity contribution in [3.8, 4) is 0 Å². The predicted molar refractivity (Wildman–Crippen MR) is 77.9 cm³/mol. The average Bonchev–Trinajstić information content (AvgIpc) is 2.34. The second-order valence-corrected chi connectivity index (χ2v) is 5.08. The first-order chi connectivity index (χ1) is 8.90. The van der Waals surface area contributed by atoms with Crippen molar-refractivity contribution in [1.82, 2.24) is 10.2 Å². The highest BCUT2D eigenvalue weighted by Crippen LogP contribution is 2.24. The Morgan fingerprint density at radius 1 is 1.32 bits per heavy atom. The fraction of sp³-hybridized carbons (Fsp3) is 0.0833. The molecule has 19 heavy (non-hydrogen) atoms. The number of carbonyl (C=O) groups is 2. The molecule has 0 aliphatic carbocycles. The van der Waals surface area contributed by atoms with Crippen molar-refractivity contribution in [3.05, 3.63) is 39.4 Å². The highest BCUT2D eigenvalue weighted by atomic mass is 35.5. The van der Waals surface area contributed by atoms with E-state index in [1.54, 1.807) is 12.1 Å². The number of hydrogen-bond donors (Lipinski definition) is 1. The van der Waals surface area contributed by atoms with Crippen LogP contribution in [0.3, 0.4) is 0 Å². The number of nitrogens with zero attached hydrogens (tertiary/aromatic N) is 1. The van der Waals surface area contributed by atoms with E-state index in [0.29, 0.717) is 15.6 Å². The normalized spacial score (nSPS) is 17.9. The first-order valence-corrected chi connectivity index (χ1v) is 6.36. The fourth-order valence-electron chi connectivity index (χ4n) is 1.52. The molecule has 1 aromatic carbocycles. The summed E-state index contributed by atoms with van der Waals surface area (Å²) in [6.45, 7) is 0. The zero-order valence-electron chi connectivity index (χ0n) is 9.74. The summed E-state index contributed by atoms with van der Waals surface area (Å²) < 4.78 is 0. The topological polar surface area (TPSA) is 49.4 Å². The van der Waals surface area contributed by atoms with Gasteiger partial charge in [-0.3, -0.25) is 19.8 Å². The van der Waals surface area contributed by atoms with E-state index in [9.17, 15) is 9.59 Å². The van der Waals surface area contributed by atoms with Crippen LogP contribution in [-0.4, -0.2) is 28.9 Å². The minimum absolute atomic E-state index is 0.0275. The van der Waals surface area contributed by atoms with Crippen molar-refractivity contribution in [1.29, 1.82) is 0 Å². The molecule has 0 aromatic heterocycles. The zero-order valence-corrected chi connectivity index (χ0v) is 12.1. The highest BCUT2D eigenvalue weighted by molar-refractivity contribution is 7.80. The molecule has 0 saturated carbocycles. The smallest absolute Gasteiger partial charge is 0.265 e. The quantitative estimate of drug-likeness (QED) is 0.491. The van der Waals surface area contributed by atoms with E-state index in [-0.39, 0.29) is 10.7 Å². The molecule has 1 aliphatic heterocycles. The molecule has 0 spiro atoms. The van der Waals surface area contributed by atoms with Gasteiger partial charge in [0.05, 0.1) is 0 Å². The summed E-state index contributed by atoms with van der Waals surface area (Å²) >= 11 is 16.6. The first-order valence-electron chi connectivity index (χ1n) is 5.20. The average molecular weight is 315 g/mol. The molecule has 0 atom stereocenters. The molecule has 4 nitrogen and oxygen atoms in total. The molecule has 1 aromatic rings. The summed E-state index contributed by atoms with van der Waals surface area (Å²) in [4.78, 5) is 24.9. The molecular formula is C12H8Cl2N2O2S. The molecule has 98 valence electrons. The van der Waals surface area contributed by atoms with Gasteiger partial charge in [-0.15, -0.1) is 0 Å². The molecule has 0 unspecified atom stereocenters. The monoisotopic (exact) mass is 314 g/mol. The molecule has 2 rings (SSSR count). The van der Waals surface area contributed by atoms with Crippen molar-refractivity contribution in [3.63, 3.8) is 0 Å². The number of benzene rings is 1. The van der Waals surface area contributed by atoms with Gasteiger partial charge in [0.2, 0.25) is 0 Å². The van der Waals surface area contributed by atoms with Crippen molar-refractivity contribution in [2.24, 2.45) is 0 Å². The Balaban J connectivity index is 2.44. The number of amides is 2. The summed E-state index contributed by atoms with van der Waals surface area (Å²) in [7, 11) is 1.49. The maximum absolute atomic E-state index is 12.0. The van der Waals surface area contributed by atoms with Crippen LogP contribution in [-0.2, 0) is 9.59 Å². The number of nitrogens with one attached hydrogen (secondary N) is 1. The summed E-state index contributed by atoms with van der Waals surface area (Å²) in [5.74, 6) is -1.01. The Morgan fingerprint density at radius 3 is 2.63 bits per heavy atom. The van der Waals surface area contributed by atoms with Crippen LogP contribution < -0.4 is 5.32 Å². The fourth-order valence-corrected chi connectivity index (χ4v) is 2.16. The summed E-state index contributed by atoms with van der Waals surface area (Å²) in [6, 6.07) is 4.79. The lowest BCUT2D eigenvalue weighted by Gasteiger charge is -2.25. The van der Waals surface area contributed by atoms with Gasteiger partial charge in [-0.05, 0) is 36.0 Å². The second kappa shape index (κ2) is 5.28. The Labute approximate surface area is 125 Å². The van der Waals surface area contributed by atoms with Gasteiger partial charge in [-0.2, -0.15) is 0 Å². The summed E-state index contributed by atoms with van der Waals surface area (Å²) in [6.07, 6.45) is 1.41. The number of halogens is 2. The zero-order chi connectivity index (χ0) is 14.2. The van der Waals surface area contributed by atoms with E-state index >= 15 is 0 Å². The molecule has 0 bridgehead atoms. The lowest BCUT2D eigenvalue weighted by molar-refractivity contribution is -0.128. The van der Waals surface area contributed by atoms with Crippen LogP contribution in [0, 0.1) is 0 Å². The van der Waals surface area contributed by atoms with Crippen LogP contribution in [0.25, 0.3) is 6.08 Å². The molecule has 1 saturated heterocycles. The third-order valence-corrected chi connectivity index (χ3v) is 3.51. The predicted octanol–water partition coefficient (Wildman–Crippen LogP) is 2.25. The van der Waals surface area contributed by atoms with Gasteiger partial charge in [0, 0.05) is 17.1 Å². The maximum atomic E-state index is 12.0. The van der Waals surface area contributed by atoms with Crippen LogP contribution in [0.1, 0.15) is 5.56 Å². The van der Waals surface area contributed by atoms with Crippen LogP contribution in [0.4, 0.5) is 0 Å². The largest absolute Gasteiger partial charge is 0.298 e. The summed E-state index contributed by atoms with van der Waals surface area (Å²) in [5.41, 5.74) is 0.506. The van der Waals surface area contributed by atoms with E-state index in [1.807, 2.05) is 0 Å². The molecule has 1 aliphatic rings. The Hall–Kier alpha value is -1.43. The van der Waals surface area contributed by atoms with Crippen molar-refractivity contribution in [2.45, 2.75) is 0 Å². The van der Waals surface area contributed by atoms with Crippen molar-refractivity contribution in [2.75, 3.05) is 7.05 Å². The SMILES string of the molecule is CN1C(=O)/C(=C/c2ccc(Cl)cc2Cl)C(=O)NC1=S. The Bertz CT molecular complexity index is 628. The molecular weight excluding hydrogens is 307 g/mol. The Kier molecular flexibility index (Phi) is 3.89. The third-order valence-electron chi connectivity index (χ3n) is 2.57. The second-order valence-electron chi connectivity index (χ2n) is 3.85. The van der Waals surface area contributed by atoms with E-state index in [0.717, 1.165) is 0 Å². The van der Waals surface area contributed by atoms with Crippen LogP contribution in [0.2, 0.25) is 10.0 Å². The highest BCUT2D eigenvalue weighted by Gasteiger charge is 2.30. The first kappa shape index (κ1) is 14.0. The maximum Gasteiger partial charge on any atom is 0.265 e. The van der Waals surface area contributed by atoms with Gasteiger partial charge < -0.3 is 0 Å². The molecule has 2 amide bonds. The van der Waals surface area contributed by atoms with E-state index < -0.39 is 11.8 Å². The van der Waals surface area contributed by atoms with Crippen molar-refractivity contribution < 1.29 is 9.59 Å². The van der Waals surface area contributed by atoms with Gasteiger partial charge in [0.1, 0.15) is 5.57 Å². The minimum Gasteiger partial charge on any atom is -0.298 e. The van der Waals surface area contributed by atoms with Crippen LogP contribution in [0.15, 0.2) is 23.8 Å². The lowest BCUT2D eigenvalue weighted by atomic mass is 10.1. The summed E-state index contributed by atoms with van der Waals surface area (Å²) in [5, 5.41) is 3.33. The molecule has 0 radical (unpaired) electrons. The van der Waals surface area contributed by atoms with Gasteiger partial charge >= 0.3 is 0 Å². The van der Waals surface area contributed by atoms with Gasteiger partial charge in [0.25, 0.3) is 11.8 Å². The van der Waals surface area contributed by atoms with E-state index in [4.69, 9.17) is 35.4 Å². The number of likely N-dealkylation sites (N-methyl/N-ethyl adjacent to an activating group) is 1. The minimum atomic E-state index is -0.542. The van der Waals surface area contributed by atoms with E-state index in [2.05, 4.69) is 5.32 Å². The molecule has 1 heterocycles. The molecule has 1 fully saturated rings. The van der Waals surface area contributed by atoms with Gasteiger partial charge in [-0.25, -0.2) is 0 Å². The number of hydrogen-bond acceptors (Lipinski definition) is 3. The van der Waals surface area contributed by atoms with Crippen molar-refractivity contribution >= 4 is 58.4 Å². The molecule has 7 heteroatoms. The molecule has 1 N–H and O–H groups in total. The van der Waals surface area contributed by atoms with E-state index in [1.165, 1.54) is 24.1 Å².